The van der Waals surface area contributed by atoms with E-state index in [1.807, 2.05) is 18.4 Å². The van der Waals surface area contributed by atoms with Gasteiger partial charge in [-0.2, -0.15) is 4.98 Å². The SMILES string of the molecule is C=CC(=O)NC1CC[C@@H](Nc2nnc(C(N)=O)c(Nc3cc(C)cs3)n2)C1. The highest BCUT2D eigenvalue weighted by atomic mass is 32.1. The number of nitrogens with two attached hydrogens (primary N) is 1. The number of aromatic nitrogens is 3. The topological polar surface area (TPSA) is 135 Å². The number of nitrogens with one attached hydrogen (secondary N) is 3. The first-order valence-electron chi connectivity index (χ1n) is 8.50. The molecule has 1 aliphatic rings. The first-order valence-corrected chi connectivity index (χ1v) is 9.38. The van der Waals surface area contributed by atoms with Gasteiger partial charge in [0.15, 0.2) is 11.5 Å². The summed E-state index contributed by atoms with van der Waals surface area (Å²) >= 11 is 1.49. The summed E-state index contributed by atoms with van der Waals surface area (Å²) in [5.74, 6) is -0.319. The molecular weight excluding hydrogens is 366 g/mol. The zero-order valence-corrected chi connectivity index (χ0v) is 15.7. The van der Waals surface area contributed by atoms with Crippen LogP contribution in [0.15, 0.2) is 24.1 Å². The van der Waals surface area contributed by atoms with Gasteiger partial charge in [-0.25, -0.2) is 0 Å². The van der Waals surface area contributed by atoms with E-state index in [2.05, 4.69) is 37.7 Å². The maximum atomic E-state index is 11.6. The predicted molar refractivity (Wildman–Crippen MR) is 104 cm³/mol. The lowest BCUT2D eigenvalue weighted by molar-refractivity contribution is -0.117. The number of thiophene rings is 1. The van der Waals surface area contributed by atoms with Gasteiger partial charge in [-0.3, -0.25) is 9.59 Å². The summed E-state index contributed by atoms with van der Waals surface area (Å²) in [4.78, 5) is 27.4. The Bertz CT molecular complexity index is 867. The molecule has 10 heteroatoms. The lowest BCUT2D eigenvalue weighted by atomic mass is 10.2. The lowest BCUT2D eigenvalue weighted by Crippen LogP contribution is -2.32. The van der Waals surface area contributed by atoms with Crippen LogP contribution in [0.1, 0.15) is 35.3 Å². The highest BCUT2D eigenvalue weighted by Gasteiger charge is 2.26. The smallest absolute Gasteiger partial charge is 0.273 e. The second kappa shape index (κ2) is 8.12. The fraction of sp³-hybridized carbons (Fsp3) is 0.353. The minimum Gasteiger partial charge on any atom is -0.364 e. The second-order valence-corrected chi connectivity index (χ2v) is 7.29. The molecular formula is C17H21N7O2S. The van der Waals surface area contributed by atoms with Gasteiger partial charge in [0.05, 0.1) is 5.00 Å². The van der Waals surface area contributed by atoms with Crippen molar-refractivity contribution < 1.29 is 9.59 Å². The molecule has 1 aliphatic carbocycles. The first-order chi connectivity index (χ1) is 12.9. The van der Waals surface area contributed by atoms with Gasteiger partial charge < -0.3 is 21.7 Å². The van der Waals surface area contributed by atoms with Crippen LogP contribution in [0.3, 0.4) is 0 Å². The number of primary amides is 1. The molecule has 3 rings (SSSR count). The third-order valence-electron chi connectivity index (χ3n) is 4.19. The van der Waals surface area contributed by atoms with Crippen LogP contribution in [0.5, 0.6) is 0 Å². The summed E-state index contributed by atoms with van der Waals surface area (Å²) in [5, 5.41) is 19.9. The quantitative estimate of drug-likeness (QED) is 0.531. The third kappa shape index (κ3) is 4.79. The molecule has 0 radical (unpaired) electrons. The van der Waals surface area contributed by atoms with Crippen molar-refractivity contribution in [2.75, 3.05) is 10.6 Å². The van der Waals surface area contributed by atoms with Crippen LogP contribution >= 0.6 is 11.3 Å². The molecule has 27 heavy (non-hydrogen) atoms. The van der Waals surface area contributed by atoms with Gasteiger partial charge in [-0.1, -0.05) is 6.58 Å². The van der Waals surface area contributed by atoms with Crippen molar-refractivity contribution in [3.8, 4) is 0 Å². The number of amides is 2. The van der Waals surface area contributed by atoms with Crippen LogP contribution in [-0.2, 0) is 4.79 Å². The van der Waals surface area contributed by atoms with Gasteiger partial charge in [-0.05, 0) is 49.3 Å². The summed E-state index contributed by atoms with van der Waals surface area (Å²) in [5.41, 5.74) is 6.46. The van der Waals surface area contributed by atoms with Gasteiger partial charge in [0.2, 0.25) is 11.9 Å². The van der Waals surface area contributed by atoms with E-state index >= 15 is 0 Å². The average molecular weight is 387 g/mol. The molecule has 0 aromatic carbocycles. The predicted octanol–water partition coefficient (Wildman–Crippen LogP) is 1.72. The summed E-state index contributed by atoms with van der Waals surface area (Å²) in [6.45, 7) is 5.43. The summed E-state index contributed by atoms with van der Waals surface area (Å²) in [6.07, 6.45) is 3.72. The second-order valence-electron chi connectivity index (χ2n) is 6.37. The van der Waals surface area contributed by atoms with E-state index in [0.717, 1.165) is 29.8 Å². The van der Waals surface area contributed by atoms with E-state index in [-0.39, 0.29) is 29.5 Å². The molecule has 1 saturated carbocycles. The molecule has 0 aliphatic heterocycles. The molecule has 2 atom stereocenters. The number of aryl methyl sites for hydroxylation is 1. The van der Waals surface area contributed by atoms with Crippen molar-refractivity contribution in [2.45, 2.75) is 38.3 Å². The fourth-order valence-corrected chi connectivity index (χ4v) is 3.73. The lowest BCUT2D eigenvalue weighted by Gasteiger charge is -2.14. The Morgan fingerprint density at radius 1 is 1.33 bits per heavy atom. The van der Waals surface area contributed by atoms with E-state index in [1.165, 1.54) is 17.4 Å². The average Bonchev–Trinajstić information content (AvgIpc) is 3.23. The fourth-order valence-electron chi connectivity index (χ4n) is 2.94. The molecule has 2 aromatic heterocycles. The molecule has 142 valence electrons. The van der Waals surface area contributed by atoms with Gasteiger partial charge >= 0.3 is 0 Å². The van der Waals surface area contributed by atoms with E-state index in [4.69, 9.17) is 5.73 Å². The van der Waals surface area contributed by atoms with Crippen LogP contribution in [0.2, 0.25) is 0 Å². The summed E-state index contributed by atoms with van der Waals surface area (Å²) in [6, 6.07) is 2.12. The first kappa shape index (κ1) is 18.8. The van der Waals surface area contributed by atoms with Gasteiger partial charge in [0.1, 0.15) is 0 Å². The molecule has 9 nitrogen and oxygen atoms in total. The molecule has 1 unspecified atom stereocenters. The molecule has 0 bridgehead atoms. The molecule has 1 fully saturated rings. The van der Waals surface area contributed by atoms with Crippen LogP contribution < -0.4 is 21.7 Å². The Morgan fingerprint density at radius 2 is 2.11 bits per heavy atom. The Kier molecular flexibility index (Phi) is 5.65. The third-order valence-corrected chi connectivity index (χ3v) is 5.15. The van der Waals surface area contributed by atoms with E-state index < -0.39 is 5.91 Å². The Morgan fingerprint density at radius 3 is 2.78 bits per heavy atom. The molecule has 0 saturated heterocycles. The number of hydrogen-bond acceptors (Lipinski definition) is 8. The Balaban J connectivity index is 1.71. The van der Waals surface area contributed by atoms with Crippen molar-refractivity contribution in [2.24, 2.45) is 5.73 Å². The molecule has 2 aromatic rings. The number of carbonyl (C=O) groups excluding carboxylic acids is 2. The summed E-state index contributed by atoms with van der Waals surface area (Å²) in [7, 11) is 0. The van der Waals surface area contributed by atoms with Crippen molar-refractivity contribution in [1.82, 2.24) is 20.5 Å². The van der Waals surface area contributed by atoms with Crippen molar-refractivity contribution in [3.05, 3.63) is 35.4 Å². The van der Waals surface area contributed by atoms with Crippen molar-refractivity contribution in [1.29, 1.82) is 0 Å². The summed E-state index contributed by atoms with van der Waals surface area (Å²) < 4.78 is 0. The van der Waals surface area contributed by atoms with Crippen molar-refractivity contribution in [3.63, 3.8) is 0 Å². The van der Waals surface area contributed by atoms with Crippen LogP contribution in [0, 0.1) is 6.92 Å². The maximum absolute atomic E-state index is 11.6. The Hall–Kier alpha value is -3.01. The Labute approximate surface area is 160 Å². The highest BCUT2D eigenvalue weighted by Crippen LogP contribution is 2.26. The maximum Gasteiger partial charge on any atom is 0.273 e. The van der Waals surface area contributed by atoms with E-state index in [9.17, 15) is 9.59 Å². The van der Waals surface area contributed by atoms with E-state index in [0.29, 0.717) is 5.95 Å². The monoisotopic (exact) mass is 387 g/mol. The van der Waals surface area contributed by atoms with Gasteiger partial charge in [0, 0.05) is 12.1 Å². The van der Waals surface area contributed by atoms with Crippen LogP contribution in [-0.4, -0.2) is 39.1 Å². The molecule has 2 amide bonds. The van der Waals surface area contributed by atoms with Crippen molar-refractivity contribution >= 4 is 39.9 Å². The highest BCUT2D eigenvalue weighted by molar-refractivity contribution is 7.14. The number of nitrogens with zero attached hydrogens (tertiary/aromatic N) is 3. The number of hydrogen-bond donors (Lipinski definition) is 4. The van der Waals surface area contributed by atoms with Gasteiger partial charge in [-0.15, -0.1) is 21.5 Å². The minimum atomic E-state index is -0.703. The number of anilines is 3. The standard InChI is InChI=1S/C17H21N7O2S/c1-3-12(25)19-10-4-5-11(7-10)20-17-22-16(14(15(18)26)23-24-17)21-13-6-9(2)8-27-13/h3,6,8,10-11H,1,4-5,7H2,2H3,(H2,18,26)(H,19,25)(H2,20,21,22,24)/t10?,11-/m1/s1. The van der Waals surface area contributed by atoms with Crippen LogP contribution in [0.4, 0.5) is 16.8 Å². The van der Waals surface area contributed by atoms with Gasteiger partial charge in [0.25, 0.3) is 5.91 Å². The zero-order chi connectivity index (χ0) is 19.4. The molecule has 5 N–H and O–H groups in total. The van der Waals surface area contributed by atoms with E-state index in [1.54, 1.807) is 0 Å². The number of rotatable bonds is 7. The molecule has 0 spiro atoms. The number of carbonyl (C=O) groups is 2. The minimum absolute atomic E-state index is 0.0193. The normalized spacial score (nSPS) is 18.7. The zero-order valence-electron chi connectivity index (χ0n) is 14.9. The largest absolute Gasteiger partial charge is 0.364 e. The van der Waals surface area contributed by atoms with Crippen LogP contribution in [0.25, 0.3) is 0 Å². The molecule has 2 heterocycles.